The predicted molar refractivity (Wildman–Crippen MR) is 101 cm³/mol. The van der Waals surface area contributed by atoms with Crippen molar-refractivity contribution in [3.63, 3.8) is 0 Å². The first-order chi connectivity index (χ1) is 14.1. The normalized spacial score (nSPS) is 11.0. The van der Waals surface area contributed by atoms with Gasteiger partial charge in [0.05, 0.1) is 6.26 Å². The van der Waals surface area contributed by atoms with Crippen LogP contribution in [-0.4, -0.2) is 34.2 Å². The van der Waals surface area contributed by atoms with E-state index in [0.717, 1.165) is 5.76 Å². The Bertz CT molecular complexity index is 1120. The molecule has 0 spiro atoms. The third-order valence-electron chi connectivity index (χ3n) is 4.15. The van der Waals surface area contributed by atoms with Gasteiger partial charge in [-0.2, -0.15) is 9.97 Å². The molecule has 29 heavy (non-hydrogen) atoms. The lowest BCUT2D eigenvalue weighted by atomic mass is 10.1. The highest BCUT2D eigenvalue weighted by atomic mass is 19.1. The van der Waals surface area contributed by atoms with Crippen molar-refractivity contribution < 1.29 is 22.9 Å². The molecule has 0 bridgehead atoms. The third-order valence-corrected chi connectivity index (χ3v) is 4.15. The molecule has 1 N–H and O–H groups in total. The van der Waals surface area contributed by atoms with Gasteiger partial charge in [0.25, 0.3) is 11.6 Å². The molecule has 0 saturated heterocycles. The summed E-state index contributed by atoms with van der Waals surface area (Å²) in [6, 6.07) is 9.40. The zero-order chi connectivity index (χ0) is 20.2. The molecule has 4 aromatic rings. The zero-order valence-electron chi connectivity index (χ0n) is 15.5. The molecule has 0 aliphatic rings. The van der Waals surface area contributed by atoms with Crippen molar-refractivity contribution in [1.29, 1.82) is 0 Å². The first kappa shape index (κ1) is 18.6. The summed E-state index contributed by atoms with van der Waals surface area (Å²) in [5, 5.41) is 7.19. The van der Waals surface area contributed by atoms with Gasteiger partial charge in [0, 0.05) is 18.5 Å². The largest absolute Gasteiger partial charge is 0.469 e. The molecule has 0 unspecified atom stereocenters. The van der Waals surface area contributed by atoms with Gasteiger partial charge in [-0.15, -0.1) is 0 Å². The van der Waals surface area contributed by atoms with E-state index < -0.39 is 0 Å². The van der Waals surface area contributed by atoms with E-state index in [1.165, 1.54) is 12.1 Å². The Balaban J connectivity index is 1.49. The number of fused-ring (bicyclic) bond motifs is 1. The molecule has 0 saturated carbocycles. The molecule has 148 valence electrons. The van der Waals surface area contributed by atoms with Crippen molar-refractivity contribution in [3.8, 4) is 17.1 Å². The summed E-state index contributed by atoms with van der Waals surface area (Å²) in [6.45, 7) is 1.86. The zero-order valence-corrected chi connectivity index (χ0v) is 15.5. The Kier molecular flexibility index (Phi) is 5.19. The molecular formula is C20H17FN4O4. The third kappa shape index (κ3) is 4.23. The van der Waals surface area contributed by atoms with Crippen LogP contribution < -0.4 is 10.1 Å². The molecule has 0 radical (unpaired) electrons. The Morgan fingerprint density at radius 2 is 2.03 bits per heavy atom. The van der Waals surface area contributed by atoms with E-state index >= 15 is 0 Å². The van der Waals surface area contributed by atoms with Crippen molar-refractivity contribution in [3.05, 3.63) is 60.1 Å². The van der Waals surface area contributed by atoms with E-state index in [2.05, 4.69) is 20.4 Å². The van der Waals surface area contributed by atoms with E-state index in [1.54, 1.807) is 31.4 Å². The molecule has 4 rings (SSSR count). The molecule has 9 heteroatoms. The van der Waals surface area contributed by atoms with Gasteiger partial charge >= 0.3 is 0 Å². The first-order valence-corrected chi connectivity index (χ1v) is 8.92. The smallest absolute Gasteiger partial charge is 0.265 e. The molecule has 0 fully saturated rings. The number of benzene rings is 1. The van der Waals surface area contributed by atoms with Crippen LogP contribution in [0.4, 0.5) is 4.39 Å². The molecule has 8 nitrogen and oxygen atoms in total. The maximum atomic E-state index is 13.2. The summed E-state index contributed by atoms with van der Waals surface area (Å²) in [4.78, 5) is 20.6. The van der Waals surface area contributed by atoms with Crippen LogP contribution in [0.5, 0.6) is 5.88 Å². The second-order valence-corrected chi connectivity index (χ2v) is 6.26. The maximum absolute atomic E-state index is 13.2. The predicted octanol–water partition coefficient (Wildman–Crippen LogP) is 3.06. The first-order valence-electron chi connectivity index (χ1n) is 8.92. The van der Waals surface area contributed by atoms with Gasteiger partial charge < -0.3 is 19.0 Å². The van der Waals surface area contributed by atoms with Gasteiger partial charge in [-0.25, -0.2) is 4.39 Å². The van der Waals surface area contributed by atoms with Crippen molar-refractivity contribution in [1.82, 2.24) is 20.4 Å². The molecule has 3 heterocycles. The van der Waals surface area contributed by atoms with Gasteiger partial charge in [-0.3, -0.25) is 4.79 Å². The van der Waals surface area contributed by atoms with Crippen LogP contribution in [0.15, 0.2) is 51.6 Å². The second kappa shape index (κ2) is 8.09. The van der Waals surface area contributed by atoms with Crippen molar-refractivity contribution in [2.75, 3.05) is 13.2 Å². The highest BCUT2D eigenvalue weighted by Crippen LogP contribution is 2.33. The average molecular weight is 396 g/mol. The number of nitrogens with one attached hydrogen (secondary N) is 1. The number of halogens is 1. The number of ether oxygens (including phenoxy) is 1. The Labute approximate surface area is 164 Å². The van der Waals surface area contributed by atoms with Gasteiger partial charge in [0.1, 0.15) is 28.5 Å². The minimum Gasteiger partial charge on any atom is -0.469 e. The van der Waals surface area contributed by atoms with E-state index in [4.69, 9.17) is 13.7 Å². The molecule has 0 aliphatic heterocycles. The van der Waals surface area contributed by atoms with Crippen LogP contribution in [0.2, 0.25) is 0 Å². The molecule has 1 aromatic carbocycles. The Hall–Kier alpha value is -3.75. The standard InChI is InChI=1S/C20H17FN4O4/c1-12-23-19(28-11-16(26)22-9-8-15-3-2-10-27-15)17-18(25-29-20(17)24-12)13-4-6-14(21)7-5-13/h2-7,10H,8-9,11H2,1H3,(H,22,26). The number of aryl methyl sites for hydroxylation is 1. The summed E-state index contributed by atoms with van der Waals surface area (Å²) >= 11 is 0. The lowest BCUT2D eigenvalue weighted by molar-refractivity contribution is -0.123. The van der Waals surface area contributed by atoms with Crippen molar-refractivity contribution >= 4 is 17.0 Å². The fourth-order valence-electron chi connectivity index (χ4n) is 2.80. The van der Waals surface area contributed by atoms with Crippen LogP contribution in [0.3, 0.4) is 0 Å². The Morgan fingerprint density at radius 1 is 1.21 bits per heavy atom. The topological polar surface area (TPSA) is 103 Å². The number of rotatable bonds is 7. The van der Waals surface area contributed by atoms with Crippen LogP contribution in [-0.2, 0) is 11.2 Å². The number of carbonyl (C=O) groups excluding carboxylic acids is 1. The highest BCUT2D eigenvalue weighted by molar-refractivity contribution is 5.93. The summed E-state index contributed by atoms with van der Waals surface area (Å²) < 4.78 is 29.4. The summed E-state index contributed by atoms with van der Waals surface area (Å²) in [5.41, 5.74) is 1.25. The van der Waals surface area contributed by atoms with Gasteiger partial charge in [0.2, 0.25) is 5.88 Å². The number of nitrogens with zero attached hydrogens (tertiary/aromatic N) is 3. The summed E-state index contributed by atoms with van der Waals surface area (Å²) in [5.74, 6) is 0.701. The molecule has 0 atom stereocenters. The number of hydrogen-bond donors (Lipinski definition) is 1. The fraction of sp³-hybridized carbons (Fsp3) is 0.200. The molecular weight excluding hydrogens is 379 g/mol. The summed E-state index contributed by atoms with van der Waals surface area (Å²) in [6.07, 6.45) is 2.16. The van der Waals surface area contributed by atoms with Crippen molar-refractivity contribution in [2.45, 2.75) is 13.3 Å². The van der Waals surface area contributed by atoms with E-state index in [1.807, 2.05) is 6.07 Å². The van der Waals surface area contributed by atoms with Gasteiger partial charge in [-0.1, -0.05) is 5.16 Å². The van der Waals surface area contributed by atoms with Crippen LogP contribution >= 0.6 is 0 Å². The van der Waals surface area contributed by atoms with Crippen molar-refractivity contribution in [2.24, 2.45) is 0 Å². The quantitative estimate of drug-likeness (QED) is 0.512. The molecule has 3 aromatic heterocycles. The Morgan fingerprint density at radius 3 is 2.79 bits per heavy atom. The summed E-state index contributed by atoms with van der Waals surface area (Å²) in [7, 11) is 0. The van der Waals surface area contributed by atoms with E-state index in [0.29, 0.717) is 35.4 Å². The van der Waals surface area contributed by atoms with Crippen LogP contribution in [0.25, 0.3) is 22.4 Å². The maximum Gasteiger partial charge on any atom is 0.265 e. The lowest BCUT2D eigenvalue weighted by Crippen LogP contribution is -2.30. The fourth-order valence-corrected chi connectivity index (χ4v) is 2.80. The van der Waals surface area contributed by atoms with Gasteiger partial charge in [0.15, 0.2) is 6.61 Å². The van der Waals surface area contributed by atoms with E-state index in [9.17, 15) is 9.18 Å². The van der Waals surface area contributed by atoms with Gasteiger partial charge in [-0.05, 0) is 43.3 Å². The SMILES string of the molecule is Cc1nc(OCC(=O)NCCc2ccco2)c2c(-c3ccc(F)cc3)noc2n1. The highest BCUT2D eigenvalue weighted by Gasteiger charge is 2.20. The van der Waals surface area contributed by atoms with E-state index in [-0.39, 0.29) is 29.9 Å². The number of amides is 1. The minimum absolute atomic E-state index is 0.175. The molecule has 0 aliphatic carbocycles. The number of aromatic nitrogens is 3. The average Bonchev–Trinajstić information content (AvgIpc) is 3.36. The van der Waals surface area contributed by atoms with Crippen LogP contribution in [0, 0.1) is 12.7 Å². The molecule has 1 amide bonds. The number of furan rings is 1. The monoisotopic (exact) mass is 396 g/mol. The number of hydrogen-bond acceptors (Lipinski definition) is 7. The minimum atomic E-state index is -0.365. The van der Waals surface area contributed by atoms with Crippen LogP contribution in [0.1, 0.15) is 11.6 Å². The lowest BCUT2D eigenvalue weighted by Gasteiger charge is -2.08. The number of carbonyl (C=O) groups is 1. The second-order valence-electron chi connectivity index (χ2n) is 6.26.